The van der Waals surface area contributed by atoms with E-state index >= 15 is 0 Å². The van der Waals surface area contributed by atoms with Crippen molar-refractivity contribution in [1.29, 1.82) is 5.26 Å². The Balaban J connectivity index is 1.64. The molecule has 0 radical (unpaired) electrons. The summed E-state index contributed by atoms with van der Waals surface area (Å²) in [6, 6.07) is 19.4. The van der Waals surface area contributed by atoms with Crippen LogP contribution in [0.3, 0.4) is 0 Å². The Morgan fingerprint density at radius 1 is 1.03 bits per heavy atom. The lowest BCUT2D eigenvalue weighted by molar-refractivity contribution is 0.0989. The maximum atomic E-state index is 13.4. The summed E-state index contributed by atoms with van der Waals surface area (Å²) >= 11 is 2.86. The number of nitrogens with zero attached hydrogens (tertiary/aromatic N) is 2. The van der Waals surface area contributed by atoms with E-state index in [9.17, 15) is 18.8 Å². The Hall–Kier alpha value is -3.34. The molecule has 0 fully saturated rings. The highest BCUT2D eigenvalue weighted by molar-refractivity contribution is 7.99. The van der Waals surface area contributed by atoms with Crippen LogP contribution in [0.15, 0.2) is 77.1 Å². The molecule has 0 aliphatic heterocycles. The van der Waals surface area contributed by atoms with Crippen LogP contribution in [0.1, 0.15) is 22.3 Å². The molecule has 3 nitrogen and oxygen atoms in total. The summed E-state index contributed by atoms with van der Waals surface area (Å²) in [5.74, 6) is -0.440. The number of pyridine rings is 1. The van der Waals surface area contributed by atoms with E-state index in [1.165, 1.54) is 59.5 Å². The van der Waals surface area contributed by atoms with E-state index in [1.807, 2.05) is 23.6 Å². The number of carbonyl (C=O) groups is 1. The zero-order valence-electron chi connectivity index (χ0n) is 16.7. The molecule has 0 atom stereocenters. The molecular weight excluding hydrogens is 446 g/mol. The van der Waals surface area contributed by atoms with E-state index in [1.54, 1.807) is 12.1 Å². The lowest BCUT2D eigenvalue weighted by Crippen LogP contribution is -2.02. The van der Waals surface area contributed by atoms with Crippen molar-refractivity contribution in [3.8, 4) is 27.8 Å². The summed E-state index contributed by atoms with van der Waals surface area (Å²) in [4.78, 5) is 18.1. The Bertz CT molecular complexity index is 1280. The van der Waals surface area contributed by atoms with Gasteiger partial charge in [-0.1, -0.05) is 18.2 Å². The van der Waals surface area contributed by atoms with Crippen LogP contribution in [-0.2, 0) is 0 Å². The number of thiophene rings is 1. The molecule has 4 rings (SSSR count). The minimum atomic E-state index is -0.391. The fourth-order valence-corrected chi connectivity index (χ4v) is 4.79. The van der Waals surface area contributed by atoms with Crippen molar-refractivity contribution in [1.82, 2.24) is 4.98 Å². The Kier molecular flexibility index (Phi) is 6.74. The minimum Gasteiger partial charge on any atom is -0.294 e. The molecule has 0 N–H and O–H groups in total. The molecule has 0 bridgehead atoms. The molecule has 0 aliphatic carbocycles. The van der Waals surface area contributed by atoms with Crippen LogP contribution in [0.4, 0.5) is 8.78 Å². The smallest absolute Gasteiger partial charge is 0.163 e. The lowest BCUT2D eigenvalue weighted by Gasteiger charge is -2.12. The number of hydrogen-bond acceptors (Lipinski definition) is 5. The van der Waals surface area contributed by atoms with Gasteiger partial charge in [0.1, 0.15) is 22.7 Å². The number of nitriles is 1. The molecule has 2 aromatic heterocycles. The SMILES string of the molecule is N#Cc1c(-c2ccc(F)cc2)cc(-c2cccs2)nc1SCCC(=O)c1ccc(F)cc1. The van der Waals surface area contributed by atoms with Gasteiger partial charge in [0.15, 0.2) is 5.78 Å². The summed E-state index contributed by atoms with van der Waals surface area (Å²) in [6.07, 6.45) is 0.220. The highest BCUT2D eigenvalue weighted by Crippen LogP contribution is 2.35. The maximum Gasteiger partial charge on any atom is 0.163 e. The molecule has 0 amide bonds. The minimum absolute atomic E-state index is 0.107. The number of carbonyl (C=O) groups excluding carboxylic acids is 1. The van der Waals surface area contributed by atoms with E-state index in [0.29, 0.717) is 38.7 Å². The first-order chi connectivity index (χ1) is 15.5. The lowest BCUT2D eigenvalue weighted by atomic mass is 10.0. The summed E-state index contributed by atoms with van der Waals surface area (Å²) in [5, 5.41) is 12.3. The maximum absolute atomic E-state index is 13.4. The average molecular weight is 463 g/mol. The third kappa shape index (κ3) is 4.93. The molecule has 0 spiro atoms. The third-order valence-corrected chi connectivity index (χ3v) is 6.63. The number of aromatic nitrogens is 1. The van der Waals surface area contributed by atoms with Crippen LogP contribution in [-0.4, -0.2) is 16.5 Å². The molecule has 2 aromatic carbocycles. The molecule has 158 valence electrons. The topological polar surface area (TPSA) is 53.8 Å². The predicted octanol–water partition coefficient (Wildman–Crippen LogP) is 6.99. The van der Waals surface area contributed by atoms with Gasteiger partial charge in [0.2, 0.25) is 0 Å². The van der Waals surface area contributed by atoms with Crippen LogP contribution in [0, 0.1) is 23.0 Å². The molecule has 0 unspecified atom stereocenters. The molecule has 7 heteroatoms. The van der Waals surface area contributed by atoms with Crippen LogP contribution >= 0.6 is 23.1 Å². The van der Waals surface area contributed by atoms with Gasteiger partial charge in [-0.2, -0.15) is 5.26 Å². The first-order valence-corrected chi connectivity index (χ1v) is 11.6. The highest BCUT2D eigenvalue weighted by atomic mass is 32.2. The molecule has 32 heavy (non-hydrogen) atoms. The predicted molar refractivity (Wildman–Crippen MR) is 124 cm³/mol. The number of Topliss-reactive ketones (excluding diaryl/α,β-unsaturated/α-hetero) is 1. The molecule has 0 aliphatic rings. The van der Waals surface area contributed by atoms with Gasteiger partial charge in [-0.25, -0.2) is 13.8 Å². The van der Waals surface area contributed by atoms with Gasteiger partial charge in [0.05, 0.1) is 16.1 Å². The Labute approximate surface area is 192 Å². The van der Waals surface area contributed by atoms with Crippen LogP contribution in [0.2, 0.25) is 0 Å². The number of hydrogen-bond donors (Lipinski definition) is 0. The van der Waals surface area contributed by atoms with E-state index in [4.69, 9.17) is 0 Å². The van der Waals surface area contributed by atoms with Crippen LogP contribution < -0.4 is 0 Å². The largest absolute Gasteiger partial charge is 0.294 e. The third-order valence-electron chi connectivity index (χ3n) is 4.76. The number of benzene rings is 2. The second-order valence-electron chi connectivity index (χ2n) is 6.86. The van der Waals surface area contributed by atoms with E-state index in [0.717, 1.165) is 4.88 Å². The second kappa shape index (κ2) is 9.86. The van der Waals surface area contributed by atoms with Gasteiger partial charge in [0.25, 0.3) is 0 Å². The highest BCUT2D eigenvalue weighted by Gasteiger charge is 2.17. The van der Waals surface area contributed by atoms with Gasteiger partial charge in [-0.05, 0) is 59.5 Å². The van der Waals surface area contributed by atoms with Crippen molar-refractivity contribution in [2.75, 3.05) is 5.75 Å². The first-order valence-electron chi connectivity index (χ1n) is 9.71. The van der Waals surface area contributed by atoms with E-state index in [-0.39, 0.29) is 18.0 Å². The fourth-order valence-electron chi connectivity index (χ4n) is 3.16. The quantitative estimate of drug-likeness (QED) is 0.219. The number of thioether (sulfide) groups is 1. The molecule has 0 saturated heterocycles. The van der Waals surface area contributed by atoms with Crippen molar-refractivity contribution in [2.45, 2.75) is 11.4 Å². The number of rotatable bonds is 7. The standard InChI is InChI=1S/C25H16F2N2OS2/c26-18-7-3-16(4-8-18)20-14-22(24-2-1-12-31-24)29-25(21(20)15-28)32-13-11-23(30)17-5-9-19(27)10-6-17/h1-10,12,14H,11,13H2. The number of halogens is 2. The zero-order chi connectivity index (χ0) is 22.5. The first kappa shape index (κ1) is 21.9. The second-order valence-corrected chi connectivity index (χ2v) is 8.89. The monoisotopic (exact) mass is 462 g/mol. The van der Waals surface area contributed by atoms with Crippen molar-refractivity contribution >= 4 is 28.9 Å². The summed E-state index contributed by atoms with van der Waals surface area (Å²) < 4.78 is 26.5. The number of ketones is 1. The fraction of sp³-hybridized carbons (Fsp3) is 0.0800. The van der Waals surface area contributed by atoms with Gasteiger partial charge in [-0.3, -0.25) is 4.79 Å². The summed E-state index contributed by atoms with van der Waals surface area (Å²) in [6.45, 7) is 0. The normalized spacial score (nSPS) is 10.7. The average Bonchev–Trinajstić information content (AvgIpc) is 3.34. The summed E-state index contributed by atoms with van der Waals surface area (Å²) in [5.41, 5.74) is 2.92. The van der Waals surface area contributed by atoms with Gasteiger partial charge >= 0.3 is 0 Å². The molecule has 4 aromatic rings. The van der Waals surface area contributed by atoms with Crippen LogP contribution in [0.25, 0.3) is 21.7 Å². The van der Waals surface area contributed by atoms with Crippen molar-refractivity contribution in [2.24, 2.45) is 0 Å². The zero-order valence-corrected chi connectivity index (χ0v) is 18.4. The molecular formula is C25H16F2N2OS2. The van der Waals surface area contributed by atoms with Gasteiger partial charge < -0.3 is 0 Å². The van der Waals surface area contributed by atoms with E-state index in [2.05, 4.69) is 11.1 Å². The van der Waals surface area contributed by atoms with Crippen molar-refractivity contribution in [3.63, 3.8) is 0 Å². The Morgan fingerprint density at radius 3 is 2.34 bits per heavy atom. The van der Waals surface area contributed by atoms with Crippen molar-refractivity contribution in [3.05, 3.63) is 94.9 Å². The molecule has 0 saturated carbocycles. The Morgan fingerprint density at radius 2 is 1.72 bits per heavy atom. The van der Waals surface area contributed by atoms with Crippen molar-refractivity contribution < 1.29 is 13.6 Å². The van der Waals surface area contributed by atoms with Crippen LogP contribution in [0.5, 0.6) is 0 Å². The molecule has 2 heterocycles. The summed E-state index contributed by atoms with van der Waals surface area (Å²) in [7, 11) is 0. The van der Waals surface area contributed by atoms with E-state index < -0.39 is 5.82 Å². The van der Waals surface area contributed by atoms with Gasteiger partial charge in [-0.15, -0.1) is 23.1 Å². The van der Waals surface area contributed by atoms with Gasteiger partial charge in [0, 0.05) is 23.3 Å².